The molecule has 0 bridgehead atoms. The van der Waals surface area contributed by atoms with Crippen LogP contribution in [-0.4, -0.2) is 25.6 Å². The SMILES string of the molecule is CC(C)(C)S(=O)(=O)c1ccc(F)cc1.O=CC(F)(F)F. The monoisotopic (exact) mass is 314 g/mol. The first-order chi connectivity index (χ1) is 8.81. The highest BCUT2D eigenvalue weighted by molar-refractivity contribution is 7.92. The molecule has 0 aromatic heterocycles. The summed E-state index contributed by atoms with van der Waals surface area (Å²) in [5.74, 6) is -0.433. The normalized spacial score (nSPS) is 12.3. The first-order valence-corrected chi connectivity index (χ1v) is 6.83. The lowest BCUT2D eigenvalue weighted by Gasteiger charge is -2.18. The number of carbonyl (C=O) groups is 1. The Hall–Kier alpha value is -1.44. The van der Waals surface area contributed by atoms with Crippen LogP contribution in [-0.2, 0) is 14.6 Å². The first-order valence-electron chi connectivity index (χ1n) is 5.34. The number of sulfone groups is 1. The zero-order valence-electron chi connectivity index (χ0n) is 11.0. The molecule has 0 aliphatic heterocycles. The molecule has 0 radical (unpaired) electrons. The van der Waals surface area contributed by atoms with Crippen molar-refractivity contribution in [2.75, 3.05) is 0 Å². The van der Waals surface area contributed by atoms with Crippen LogP contribution in [0, 0.1) is 5.82 Å². The largest absolute Gasteiger partial charge is 0.446 e. The molecule has 3 nitrogen and oxygen atoms in total. The van der Waals surface area contributed by atoms with Crippen LogP contribution in [0.15, 0.2) is 29.2 Å². The van der Waals surface area contributed by atoms with E-state index in [9.17, 15) is 26.0 Å². The maximum Gasteiger partial charge on any atom is 0.446 e. The molecule has 8 heteroatoms. The topological polar surface area (TPSA) is 51.2 Å². The van der Waals surface area contributed by atoms with E-state index in [0.29, 0.717) is 0 Å². The van der Waals surface area contributed by atoms with Crippen molar-refractivity contribution in [2.45, 2.75) is 36.6 Å². The van der Waals surface area contributed by atoms with E-state index < -0.39 is 32.9 Å². The van der Waals surface area contributed by atoms with Gasteiger partial charge in [0, 0.05) is 0 Å². The Morgan fingerprint density at radius 2 is 1.35 bits per heavy atom. The molecule has 1 aromatic rings. The van der Waals surface area contributed by atoms with Gasteiger partial charge in [-0.25, -0.2) is 12.8 Å². The second kappa shape index (κ2) is 6.34. The fourth-order valence-corrected chi connectivity index (χ4v) is 2.17. The summed E-state index contributed by atoms with van der Waals surface area (Å²) in [5, 5.41) is 0. The number of benzene rings is 1. The molecule has 0 fully saturated rings. The number of aldehydes is 1. The van der Waals surface area contributed by atoms with Crippen LogP contribution in [0.5, 0.6) is 0 Å². The number of hydrogen-bond donors (Lipinski definition) is 0. The number of carbonyl (C=O) groups excluding carboxylic acids is 1. The van der Waals surface area contributed by atoms with Crippen molar-refractivity contribution in [2.24, 2.45) is 0 Å². The lowest BCUT2D eigenvalue weighted by atomic mass is 10.3. The maximum atomic E-state index is 12.6. The van der Waals surface area contributed by atoms with E-state index in [2.05, 4.69) is 0 Å². The summed E-state index contributed by atoms with van der Waals surface area (Å²) in [6.45, 7) is 4.85. The van der Waals surface area contributed by atoms with E-state index in [4.69, 9.17) is 4.79 Å². The van der Waals surface area contributed by atoms with Crippen LogP contribution in [0.3, 0.4) is 0 Å². The summed E-state index contributed by atoms with van der Waals surface area (Å²) in [6.07, 6.45) is -5.70. The second-order valence-electron chi connectivity index (χ2n) is 4.73. The van der Waals surface area contributed by atoms with Crippen LogP contribution in [0.2, 0.25) is 0 Å². The molecule has 0 unspecified atom stereocenters. The van der Waals surface area contributed by atoms with Crippen molar-refractivity contribution in [3.8, 4) is 0 Å². The molecule has 0 spiro atoms. The molecule has 1 rings (SSSR count). The average Bonchev–Trinajstić information content (AvgIpc) is 2.28. The molecule has 114 valence electrons. The molecule has 20 heavy (non-hydrogen) atoms. The molecule has 0 saturated heterocycles. The van der Waals surface area contributed by atoms with Crippen molar-refractivity contribution in [3.05, 3.63) is 30.1 Å². The van der Waals surface area contributed by atoms with E-state index in [1.807, 2.05) is 0 Å². The smallest absolute Gasteiger partial charge is 0.293 e. The van der Waals surface area contributed by atoms with E-state index in [-0.39, 0.29) is 4.90 Å². The zero-order valence-corrected chi connectivity index (χ0v) is 11.8. The van der Waals surface area contributed by atoms with E-state index in [1.54, 1.807) is 20.8 Å². The minimum Gasteiger partial charge on any atom is -0.293 e. The maximum absolute atomic E-state index is 12.6. The summed E-state index contributed by atoms with van der Waals surface area (Å²) in [7, 11) is -3.36. The van der Waals surface area contributed by atoms with Gasteiger partial charge in [-0.15, -0.1) is 0 Å². The van der Waals surface area contributed by atoms with Crippen molar-refractivity contribution in [1.29, 1.82) is 0 Å². The predicted molar refractivity (Wildman–Crippen MR) is 65.5 cm³/mol. The van der Waals surface area contributed by atoms with Crippen LogP contribution < -0.4 is 0 Å². The van der Waals surface area contributed by atoms with Crippen LogP contribution in [0.4, 0.5) is 17.6 Å². The molecule has 0 atom stereocenters. The Kier molecular flexibility index (Phi) is 5.88. The minimum absolute atomic E-state index is 0.159. The summed E-state index contributed by atoms with van der Waals surface area (Å²) < 4.78 is 66.7. The minimum atomic E-state index is -4.64. The van der Waals surface area contributed by atoms with Gasteiger partial charge in [-0.2, -0.15) is 13.2 Å². The molecule has 0 N–H and O–H groups in total. The number of halogens is 4. The number of rotatable bonds is 1. The third-order valence-electron chi connectivity index (χ3n) is 2.06. The summed E-state index contributed by atoms with van der Waals surface area (Å²) in [6, 6.07) is 4.88. The van der Waals surface area contributed by atoms with Gasteiger partial charge in [-0.1, -0.05) is 0 Å². The van der Waals surface area contributed by atoms with Crippen LogP contribution in [0.25, 0.3) is 0 Å². The Morgan fingerprint density at radius 1 is 1.00 bits per heavy atom. The summed E-state index contributed by atoms with van der Waals surface area (Å²) in [5.41, 5.74) is 0. The highest BCUT2D eigenvalue weighted by Crippen LogP contribution is 2.24. The third kappa shape index (κ3) is 5.68. The van der Waals surface area contributed by atoms with Crippen molar-refractivity contribution >= 4 is 16.1 Å². The second-order valence-corrected chi connectivity index (χ2v) is 7.43. The molecular formula is C12H14F4O3S. The Balaban J connectivity index is 0.000000511. The van der Waals surface area contributed by atoms with Gasteiger partial charge in [-0.3, -0.25) is 4.79 Å². The van der Waals surface area contributed by atoms with Gasteiger partial charge in [0.05, 0.1) is 9.64 Å². The Bertz CT molecular complexity index is 540. The van der Waals surface area contributed by atoms with Crippen LogP contribution >= 0.6 is 0 Å². The molecule has 0 aliphatic rings. The first kappa shape index (κ1) is 18.6. The fourth-order valence-electron chi connectivity index (χ4n) is 0.967. The van der Waals surface area contributed by atoms with Crippen molar-refractivity contribution in [3.63, 3.8) is 0 Å². The van der Waals surface area contributed by atoms with Crippen molar-refractivity contribution in [1.82, 2.24) is 0 Å². The molecule has 0 heterocycles. The summed E-state index contributed by atoms with van der Waals surface area (Å²) in [4.78, 5) is 8.86. The standard InChI is InChI=1S/C10H13FO2S.C2HF3O/c1-10(2,3)14(12,13)9-6-4-8(11)5-7-9;3-2(4,5)1-6/h4-7H,1-3H3;1H. The van der Waals surface area contributed by atoms with Gasteiger partial charge in [0.1, 0.15) is 5.82 Å². The predicted octanol–water partition coefficient (Wildman–Crippen LogP) is 3.15. The Labute approximate surface area is 114 Å². The van der Waals surface area contributed by atoms with Crippen molar-refractivity contribution < 1.29 is 30.8 Å². The highest BCUT2D eigenvalue weighted by atomic mass is 32.2. The van der Waals surface area contributed by atoms with Gasteiger partial charge >= 0.3 is 6.18 Å². The third-order valence-corrected chi connectivity index (χ3v) is 4.57. The fraction of sp³-hybridized carbons (Fsp3) is 0.417. The Morgan fingerprint density at radius 3 is 1.60 bits per heavy atom. The van der Waals surface area contributed by atoms with Gasteiger partial charge in [0.2, 0.25) is 6.29 Å². The quantitative estimate of drug-likeness (QED) is 0.454. The molecule has 0 aliphatic carbocycles. The molecule has 0 saturated carbocycles. The van der Waals surface area contributed by atoms with Gasteiger partial charge < -0.3 is 0 Å². The summed E-state index contributed by atoms with van der Waals surface area (Å²) >= 11 is 0. The average molecular weight is 314 g/mol. The van der Waals surface area contributed by atoms with Gasteiger partial charge in [0.25, 0.3) is 0 Å². The number of alkyl halides is 3. The molecular weight excluding hydrogens is 300 g/mol. The molecule has 0 amide bonds. The number of hydrogen-bond acceptors (Lipinski definition) is 3. The highest BCUT2D eigenvalue weighted by Gasteiger charge is 2.30. The van der Waals surface area contributed by atoms with E-state index in [0.717, 1.165) is 12.1 Å². The zero-order chi connectivity index (χ0) is 16.2. The molecule has 1 aromatic carbocycles. The lowest BCUT2D eigenvalue weighted by molar-refractivity contribution is -0.156. The lowest BCUT2D eigenvalue weighted by Crippen LogP contribution is -2.27. The van der Waals surface area contributed by atoms with Gasteiger partial charge in [-0.05, 0) is 45.0 Å². The van der Waals surface area contributed by atoms with Gasteiger partial charge in [0.15, 0.2) is 9.84 Å². The van der Waals surface area contributed by atoms with E-state index >= 15 is 0 Å². The van der Waals surface area contributed by atoms with Crippen LogP contribution in [0.1, 0.15) is 20.8 Å². The van der Waals surface area contributed by atoms with E-state index in [1.165, 1.54) is 12.1 Å².